The number of hydrogen-bond donors (Lipinski definition) is 2. The molecule has 1 aromatic carbocycles. The van der Waals surface area contributed by atoms with Crippen LogP contribution in [0.3, 0.4) is 0 Å². The molecule has 1 aromatic heterocycles. The third-order valence-electron chi connectivity index (χ3n) is 3.70. The van der Waals surface area contributed by atoms with Crippen LogP contribution in [0.5, 0.6) is 0 Å². The average molecular weight is 397 g/mol. The van der Waals surface area contributed by atoms with Crippen LogP contribution in [0, 0.1) is 6.92 Å². The summed E-state index contributed by atoms with van der Waals surface area (Å²) < 4.78 is 24.1. The Hall–Kier alpha value is -1.67. The number of rotatable bonds is 4. The van der Waals surface area contributed by atoms with E-state index in [1.54, 1.807) is 6.07 Å². The minimum Gasteiger partial charge on any atom is -0.366 e. The Morgan fingerprint density at radius 2 is 2.00 bits per heavy atom. The van der Waals surface area contributed by atoms with Gasteiger partial charge in [-0.15, -0.1) is 0 Å². The summed E-state index contributed by atoms with van der Waals surface area (Å²) in [7, 11) is -2.91. The monoisotopic (exact) mass is 396 g/mol. The standard InChI is InChI=1S/C15H17BrN4O2S/c1-10-6-11(16)2-3-13(10)20-15-7-14(17-9-18-15)19-12-4-5-23(21,22)8-12/h2-3,6-7,9,12H,4-5,8H2,1H3,(H2,17,18,19,20). The molecule has 0 bridgehead atoms. The van der Waals surface area contributed by atoms with Gasteiger partial charge < -0.3 is 10.6 Å². The normalized spacial score (nSPS) is 19.5. The molecule has 0 amide bonds. The number of aromatic nitrogens is 2. The molecule has 8 heteroatoms. The second-order valence-electron chi connectivity index (χ2n) is 5.62. The van der Waals surface area contributed by atoms with Crippen LogP contribution in [0.1, 0.15) is 12.0 Å². The first kappa shape index (κ1) is 16.2. The number of hydrogen-bond acceptors (Lipinski definition) is 6. The van der Waals surface area contributed by atoms with Crippen molar-refractivity contribution in [2.75, 3.05) is 22.1 Å². The summed E-state index contributed by atoms with van der Waals surface area (Å²) in [5.74, 6) is 1.68. The minimum absolute atomic E-state index is 0.0860. The van der Waals surface area contributed by atoms with Crippen LogP contribution in [0.4, 0.5) is 17.3 Å². The lowest BCUT2D eigenvalue weighted by Gasteiger charge is -2.13. The second kappa shape index (κ2) is 6.45. The molecule has 0 radical (unpaired) electrons. The summed E-state index contributed by atoms with van der Waals surface area (Å²) in [6.45, 7) is 2.01. The Bertz CT molecular complexity index is 826. The molecule has 3 rings (SSSR count). The highest BCUT2D eigenvalue weighted by atomic mass is 79.9. The Morgan fingerprint density at radius 3 is 2.70 bits per heavy atom. The molecule has 23 heavy (non-hydrogen) atoms. The van der Waals surface area contributed by atoms with Crippen molar-refractivity contribution in [1.29, 1.82) is 0 Å². The zero-order chi connectivity index (χ0) is 16.4. The third kappa shape index (κ3) is 4.20. The van der Waals surface area contributed by atoms with Crippen molar-refractivity contribution in [3.8, 4) is 0 Å². The summed E-state index contributed by atoms with van der Waals surface area (Å²) in [4.78, 5) is 8.37. The molecular weight excluding hydrogens is 380 g/mol. The van der Waals surface area contributed by atoms with Crippen LogP contribution in [0.15, 0.2) is 35.1 Å². The Morgan fingerprint density at radius 1 is 1.22 bits per heavy atom. The van der Waals surface area contributed by atoms with Crippen LogP contribution >= 0.6 is 15.9 Å². The van der Waals surface area contributed by atoms with Gasteiger partial charge in [-0.1, -0.05) is 15.9 Å². The maximum absolute atomic E-state index is 11.5. The van der Waals surface area contributed by atoms with Gasteiger partial charge in [0.1, 0.15) is 18.0 Å². The molecule has 1 unspecified atom stereocenters. The van der Waals surface area contributed by atoms with E-state index in [1.807, 2.05) is 25.1 Å². The predicted molar refractivity (Wildman–Crippen MR) is 94.9 cm³/mol. The summed E-state index contributed by atoms with van der Waals surface area (Å²) in [5, 5.41) is 6.42. The van der Waals surface area contributed by atoms with Crippen LogP contribution < -0.4 is 10.6 Å². The molecular formula is C15H17BrN4O2S. The van der Waals surface area contributed by atoms with E-state index in [0.29, 0.717) is 18.1 Å². The van der Waals surface area contributed by atoms with E-state index in [-0.39, 0.29) is 17.5 Å². The molecule has 1 saturated heterocycles. The molecule has 0 aliphatic carbocycles. The average Bonchev–Trinajstić information content (AvgIpc) is 2.81. The fraction of sp³-hybridized carbons (Fsp3) is 0.333. The van der Waals surface area contributed by atoms with Crippen LogP contribution in [0.25, 0.3) is 0 Å². The molecule has 122 valence electrons. The van der Waals surface area contributed by atoms with Crippen molar-refractivity contribution >= 4 is 43.1 Å². The lowest BCUT2D eigenvalue weighted by molar-refractivity contribution is 0.602. The van der Waals surface area contributed by atoms with Crippen LogP contribution in [0.2, 0.25) is 0 Å². The summed E-state index contributed by atoms with van der Waals surface area (Å²) in [6.07, 6.45) is 2.07. The van der Waals surface area contributed by atoms with Gasteiger partial charge in [0.05, 0.1) is 11.5 Å². The Balaban J connectivity index is 1.72. The van der Waals surface area contributed by atoms with Crippen LogP contribution in [-0.4, -0.2) is 35.9 Å². The molecule has 1 atom stereocenters. The molecule has 2 heterocycles. The van der Waals surface area contributed by atoms with E-state index in [1.165, 1.54) is 6.33 Å². The highest BCUT2D eigenvalue weighted by Crippen LogP contribution is 2.24. The van der Waals surface area contributed by atoms with Crippen molar-refractivity contribution < 1.29 is 8.42 Å². The number of halogens is 1. The van der Waals surface area contributed by atoms with Crippen molar-refractivity contribution in [3.05, 3.63) is 40.6 Å². The SMILES string of the molecule is Cc1cc(Br)ccc1Nc1cc(NC2CCS(=O)(=O)C2)ncn1. The van der Waals surface area contributed by atoms with E-state index in [4.69, 9.17) is 0 Å². The van der Waals surface area contributed by atoms with Gasteiger partial charge in [-0.25, -0.2) is 18.4 Å². The first-order valence-corrected chi connectivity index (χ1v) is 9.85. The molecule has 2 aromatic rings. The lowest BCUT2D eigenvalue weighted by Crippen LogP contribution is -2.21. The van der Waals surface area contributed by atoms with Gasteiger partial charge in [-0.3, -0.25) is 0 Å². The Labute approximate surface area is 143 Å². The number of anilines is 3. The molecule has 6 nitrogen and oxygen atoms in total. The van der Waals surface area contributed by atoms with Gasteiger partial charge in [-0.05, 0) is 37.1 Å². The van der Waals surface area contributed by atoms with Crippen molar-refractivity contribution in [2.24, 2.45) is 0 Å². The van der Waals surface area contributed by atoms with E-state index < -0.39 is 9.84 Å². The summed E-state index contributed by atoms with van der Waals surface area (Å²) in [6, 6.07) is 7.65. The lowest BCUT2D eigenvalue weighted by atomic mass is 10.2. The van der Waals surface area contributed by atoms with Gasteiger partial charge in [0.2, 0.25) is 0 Å². The van der Waals surface area contributed by atoms with E-state index >= 15 is 0 Å². The maximum atomic E-state index is 11.5. The van der Waals surface area contributed by atoms with Crippen molar-refractivity contribution in [3.63, 3.8) is 0 Å². The number of sulfone groups is 1. The Kier molecular flexibility index (Phi) is 4.54. The van der Waals surface area contributed by atoms with E-state index in [9.17, 15) is 8.42 Å². The third-order valence-corrected chi connectivity index (χ3v) is 5.96. The highest BCUT2D eigenvalue weighted by molar-refractivity contribution is 9.10. The zero-order valence-electron chi connectivity index (χ0n) is 12.6. The van der Waals surface area contributed by atoms with Crippen molar-refractivity contribution in [2.45, 2.75) is 19.4 Å². The molecule has 0 spiro atoms. The fourth-order valence-electron chi connectivity index (χ4n) is 2.53. The van der Waals surface area contributed by atoms with Gasteiger partial charge in [0.15, 0.2) is 9.84 Å². The molecule has 1 aliphatic rings. The largest absolute Gasteiger partial charge is 0.366 e. The molecule has 0 saturated carbocycles. The minimum atomic E-state index is -2.91. The summed E-state index contributed by atoms with van der Waals surface area (Å²) in [5.41, 5.74) is 2.05. The first-order valence-electron chi connectivity index (χ1n) is 7.23. The topological polar surface area (TPSA) is 84.0 Å². The van der Waals surface area contributed by atoms with E-state index in [0.717, 1.165) is 15.7 Å². The quantitative estimate of drug-likeness (QED) is 0.826. The number of aryl methyl sites for hydroxylation is 1. The molecule has 2 N–H and O–H groups in total. The first-order chi connectivity index (χ1) is 10.9. The van der Waals surface area contributed by atoms with Crippen LogP contribution in [-0.2, 0) is 9.84 Å². The smallest absolute Gasteiger partial charge is 0.152 e. The number of nitrogens with one attached hydrogen (secondary N) is 2. The summed E-state index contributed by atoms with van der Waals surface area (Å²) >= 11 is 3.44. The van der Waals surface area contributed by atoms with Gasteiger partial charge >= 0.3 is 0 Å². The molecule has 1 fully saturated rings. The zero-order valence-corrected chi connectivity index (χ0v) is 15.0. The number of nitrogens with zero attached hydrogens (tertiary/aromatic N) is 2. The van der Waals surface area contributed by atoms with Gasteiger partial charge in [0.25, 0.3) is 0 Å². The van der Waals surface area contributed by atoms with E-state index in [2.05, 4.69) is 36.5 Å². The van der Waals surface area contributed by atoms with Gasteiger partial charge in [-0.2, -0.15) is 0 Å². The maximum Gasteiger partial charge on any atom is 0.152 e. The molecule has 1 aliphatic heterocycles. The number of benzene rings is 1. The second-order valence-corrected chi connectivity index (χ2v) is 8.76. The predicted octanol–water partition coefficient (Wildman–Crippen LogP) is 2.89. The highest BCUT2D eigenvalue weighted by Gasteiger charge is 2.27. The van der Waals surface area contributed by atoms with Crippen molar-refractivity contribution in [1.82, 2.24) is 9.97 Å². The fourth-order valence-corrected chi connectivity index (χ4v) is 4.68. The van der Waals surface area contributed by atoms with Gasteiger partial charge in [0, 0.05) is 22.3 Å².